The van der Waals surface area contributed by atoms with Gasteiger partial charge in [-0.15, -0.1) is 0 Å². The molecule has 5 nitrogen and oxygen atoms in total. The second-order valence-corrected chi connectivity index (χ2v) is 7.18. The first kappa shape index (κ1) is 22.5. The molecule has 0 fully saturated rings. The minimum absolute atomic E-state index is 0.103. The lowest BCUT2D eigenvalue weighted by Crippen LogP contribution is -2.50. The highest BCUT2D eigenvalue weighted by Gasteiger charge is 2.28. The fourth-order valence-electron chi connectivity index (χ4n) is 3.06. The molecule has 0 radical (unpaired) electrons. The van der Waals surface area contributed by atoms with Gasteiger partial charge in [0.15, 0.2) is 6.61 Å². The number of nitrogens with one attached hydrogen (secondary N) is 1. The highest BCUT2D eigenvalue weighted by atomic mass is 16.5. The number of aryl methyl sites for hydroxylation is 1. The maximum atomic E-state index is 13.0. The van der Waals surface area contributed by atoms with Gasteiger partial charge in [-0.1, -0.05) is 68.3 Å². The molecule has 0 unspecified atom stereocenters. The van der Waals surface area contributed by atoms with Crippen LogP contribution in [0.2, 0.25) is 0 Å². The zero-order chi connectivity index (χ0) is 21.1. The van der Waals surface area contributed by atoms with Crippen molar-refractivity contribution in [3.63, 3.8) is 0 Å². The Bertz CT molecular complexity index is 759. The maximum absolute atomic E-state index is 13.0. The Morgan fingerprint density at radius 3 is 2.34 bits per heavy atom. The average Bonchev–Trinajstić information content (AvgIpc) is 2.74. The highest BCUT2D eigenvalue weighted by molar-refractivity contribution is 5.88. The summed E-state index contributed by atoms with van der Waals surface area (Å²) in [4.78, 5) is 27.4. The molecule has 2 amide bonds. The number of amides is 2. The van der Waals surface area contributed by atoms with Gasteiger partial charge in [-0.3, -0.25) is 9.59 Å². The molecule has 156 valence electrons. The van der Waals surface area contributed by atoms with Gasteiger partial charge >= 0.3 is 0 Å². The fraction of sp³-hybridized carbons (Fsp3) is 0.417. The van der Waals surface area contributed by atoms with Gasteiger partial charge in [0.05, 0.1) is 0 Å². The van der Waals surface area contributed by atoms with Crippen LogP contribution in [0.3, 0.4) is 0 Å². The summed E-state index contributed by atoms with van der Waals surface area (Å²) in [7, 11) is 0. The van der Waals surface area contributed by atoms with Crippen LogP contribution in [-0.4, -0.2) is 35.9 Å². The largest absolute Gasteiger partial charge is 0.484 e. The Labute approximate surface area is 174 Å². The van der Waals surface area contributed by atoms with Crippen LogP contribution in [0, 0.1) is 6.92 Å². The van der Waals surface area contributed by atoms with Crippen LogP contribution in [0.1, 0.15) is 44.2 Å². The molecule has 0 spiro atoms. The number of ether oxygens (including phenoxy) is 1. The predicted molar refractivity (Wildman–Crippen MR) is 116 cm³/mol. The Kier molecular flexibility index (Phi) is 9.22. The lowest BCUT2D eigenvalue weighted by atomic mass is 10.1. The SMILES string of the molecule is CCCCNC(=O)[C@H](CC)N(Cc1ccc(C)cc1)C(=O)COc1ccccc1. The van der Waals surface area contributed by atoms with Crippen LogP contribution in [0.15, 0.2) is 54.6 Å². The number of carbonyl (C=O) groups is 2. The number of hydrogen-bond donors (Lipinski definition) is 1. The van der Waals surface area contributed by atoms with Gasteiger partial charge in [0, 0.05) is 13.1 Å². The maximum Gasteiger partial charge on any atom is 0.261 e. The van der Waals surface area contributed by atoms with Crippen molar-refractivity contribution in [3.05, 3.63) is 65.7 Å². The topological polar surface area (TPSA) is 58.6 Å². The van der Waals surface area contributed by atoms with Gasteiger partial charge in [-0.05, 0) is 37.5 Å². The summed E-state index contributed by atoms with van der Waals surface area (Å²) in [6.07, 6.45) is 2.47. The molecular weight excluding hydrogens is 364 g/mol. The van der Waals surface area contributed by atoms with Crippen molar-refractivity contribution in [1.82, 2.24) is 10.2 Å². The molecule has 29 heavy (non-hydrogen) atoms. The second kappa shape index (κ2) is 11.9. The zero-order valence-electron chi connectivity index (χ0n) is 17.7. The molecule has 0 saturated carbocycles. The number of nitrogens with zero attached hydrogens (tertiary/aromatic N) is 1. The third-order valence-electron chi connectivity index (χ3n) is 4.79. The van der Waals surface area contributed by atoms with Gasteiger partial charge in [-0.25, -0.2) is 0 Å². The number of rotatable bonds is 11. The van der Waals surface area contributed by atoms with E-state index in [1.165, 1.54) is 0 Å². The lowest BCUT2D eigenvalue weighted by Gasteiger charge is -2.30. The molecule has 0 aromatic heterocycles. The monoisotopic (exact) mass is 396 g/mol. The molecule has 0 aliphatic heterocycles. The van der Waals surface area contributed by atoms with E-state index in [9.17, 15) is 9.59 Å². The summed E-state index contributed by atoms with van der Waals surface area (Å²) >= 11 is 0. The van der Waals surface area contributed by atoms with Crippen molar-refractivity contribution < 1.29 is 14.3 Å². The standard InChI is InChI=1S/C24H32N2O3/c1-4-6-16-25-24(28)22(5-2)26(17-20-14-12-19(3)13-15-20)23(27)18-29-21-10-8-7-9-11-21/h7-15,22H,4-6,16-18H2,1-3H3,(H,25,28)/t22-/m0/s1. The molecule has 1 atom stereocenters. The zero-order valence-corrected chi connectivity index (χ0v) is 17.7. The average molecular weight is 397 g/mol. The summed E-state index contributed by atoms with van der Waals surface area (Å²) in [5.74, 6) is 0.324. The quantitative estimate of drug-likeness (QED) is 0.582. The van der Waals surface area contributed by atoms with Crippen molar-refractivity contribution in [2.45, 2.75) is 52.6 Å². The normalized spacial score (nSPS) is 11.6. The van der Waals surface area contributed by atoms with Gasteiger partial charge < -0.3 is 15.0 Å². The van der Waals surface area contributed by atoms with Gasteiger partial charge in [0.25, 0.3) is 5.91 Å². The van der Waals surface area contributed by atoms with Crippen molar-refractivity contribution in [3.8, 4) is 5.75 Å². The van der Waals surface area contributed by atoms with E-state index in [2.05, 4.69) is 12.2 Å². The molecule has 0 saturated heterocycles. The molecule has 5 heteroatoms. The number of benzene rings is 2. The molecule has 2 aromatic rings. The molecule has 0 heterocycles. The van der Waals surface area contributed by atoms with Crippen LogP contribution >= 0.6 is 0 Å². The Balaban J connectivity index is 2.14. The summed E-state index contributed by atoms with van der Waals surface area (Å²) in [6, 6.07) is 16.7. The van der Waals surface area contributed by atoms with Crippen LogP contribution in [0.5, 0.6) is 5.75 Å². The number of unbranched alkanes of at least 4 members (excludes halogenated alkanes) is 1. The van der Waals surface area contributed by atoms with Gasteiger partial charge in [-0.2, -0.15) is 0 Å². The second-order valence-electron chi connectivity index (χ2n) is 7.18. The van der Waals surface area contributed by atoms with Crippen molar-refractivity contribution in [2.75, 3.05) is 13.2 Å². The number of hydrogen-bond acceptors (Lipinski definition) is 3. The Hall–Kier alpha value is -2.82. The van der Waals surface area contributed by atoms with E-state index in [1.807, 2.05) is 68.4 Å². The van der Waals surface area contributed by atoms with E-state index in [1.54, 1.807) is 4.90 Å². The minimum Gasteiger partial charge on any atom is -0.484 e. The van der Waals surface area contributed by atoms with Crippen molar-refractivity contribution in [1.29, 1.82) is 0 Å². The predicted octanol–water partition coefficient (Wildman–Crippen LogP) is 4.10. The molecule has 1 N–H and O–H groups in total. The fourth-order valence-corrected chi connectivity index (χ4v) is 3.06. The first-order valence-corrected chi connectivity index (χ1v) is 10.4. The first-order chi connectivity index (χ1) is 14.0. The lowest BCUT2D eigenvalue weighted by molar-refractivity contribution is -0.143. The smallest absolute Gasteiger partial charge is 0.261 e. The van der Waals surface area contributed by atoms with Crippen LogP contribution in [-0.2, 0) is 16.1 Å². The molecule has 0 bridgehead atoms. The highest BCUT2D eigenvalue weighted by Crippen LogP contribution is 2.15. The number of carbonyl (C=O) groups excluding carboxylic acids is 2. The van der Waals surface area contributed by atoms with Gasteiger partial charge in [0.1, 0.15) is 11.8 Å². The van der Waals surface area contributed by atoms with E-state index >= 15 is 0 Å². The Morgan fingerprint density at radius 1 is 1.03 bits per heavy atom. The van der Waals surface area contributed by atoms with E-state index in [-0.39, 0.29) is 18.4 Å². The molecule has 2 rings (SSSR count). The van der Waals surface area contributed by atoms with Crippen LogP contribution in [0.4, 0.5) is 0 Å². The molecule has 0 aliphatic rings. The Morgan fingerprint density at radius 2 is 1.72 bits per heavy atom. The van der Waals surface area contributed by atoms with Crippen molar-refractivity contribution >= 4 is 11.8 Å². The molecule has 0 aliphatic carbocycles. The summed E-state index contributed by atoms with van der Waals surface area (Å²) < 4.78 is 5.66. The van der Waals surface area contributed by atoms with Gasteiger partial charge in [0.2, 0.25) is 5.91 Å². The minimum atomic E-state index is -0.528. The third-order valence-corrected chi connectivity index (χ3v) is 4.79. The summed E-state index contributed by atoms with van der Waals surface area (Å²) in [5.41, 5.74) is 2.15. The van der Waals surface area contributed by atoms with Crippen LogP contribution in [0.25, 0.3) is 0 Å². The van der Waals surface area contributed by atoms with Crippen molar-refractivity contribution in [2.24, 2.45) is 0 Å². The van der Waals surface area contributed by atoms with Crippen LogP contribution < -0.4 is 10.1 Å². The molecular formula is C24H32N2O3. The van der Waals surface area contributed by atoms with E-state index in [0.717, 1.165) is 24.0 Å². The van der Waals surface area contributed by atoms with E-state index in [4.69, 9.17) is 4.74 Å². The van der Waals surface area contributed by atoms with E-state index < -0.39 is 6.04 Å². The summed E-state index contributed by atoms with van der Waals surface area (Å²) in [6.45, 7) is 6.93. The third kappa shape index (κ3) is 7.26. The molecule has 2 aromatic carbocycles. The van der Waals surface area contributed by atoms with E-state index in [0.29, 0.717) is 25.3 Å². The first-order valence-electron chi connectivity index (χ1n) is 10.4. The number of para-hydroxylation sites is 1. The summed E-state index contributed by atoms with van der Waals surface area (Å²) in [5, 5.41) is 2.96.